The van der Waals surface area contributed by atoms with E-state index < -0.39 is 0 Å². The van der Waals surface area contributed by atoms with Gasteiger partial charge in [0, 0.05) is 176 Å². The number of nitrogens with one attached hydrogen (secondary N) is 8. The molecule has 0 aromatic carbocycles. The van der Waals surface area contributed by atoms with Gasteiger partial charge in [0.15, 0.2) is 11.6 Å². The van der Waals surface area contributed by atoms with E-state index in [4.69, 9.17) is 4.74 Å². The van der Waals surface area contributed by atoms with Gasteiger partial charge in [-0.1, -0.05) is 54.0 Å². The lowest BCUT2D eigenvalue weighted by Gasteiger charge is -2.12. The van der Waals surface area contributed by atoms with Gasteiger partial charge in [-0.25, -0.2) is 44.5 Å². The third-order valence-corrected chi connectivity index (χ3v) is 17.4. The molecule has 10 aromatic heterocycles. The Kier molecular flexibility index (Phi) is 36.7. The highest BCUT2D eigenvalue weighted by Crippen LogP contribution is 2.41. The summed E-state index contributed by atoms with van der Waals surface area (Å²) in [4.78, 5) is 92.2. The highest BCUT2D eigenvalue weighted by atomic mass is 16.5. The first-order valence-electron chi connectivity index (χ1n) is 38.0. The number of H-pyrrole nitrogens is 2. The maximum Gasteiger partial charge on any atom is 0.337 e. The lowest BCUT2D eigenvalue weighted by Crippen LogP contribution is -2.22. The molecule has 0 saturated heterocycles. The van der Waals surface area contributed by atoms with Gasteiger partial charge >= 0.3 is 11.9 Å². The number of carbonyl (C=O) groups is 4. The van der Waals surface area contributed by atoms with Gasteiger partial charge in [-0.15, -0.1) is 0 Å². The first-order chi connectivity index (χ1) is 54.4. The molecule has 2 amide bonds. The van der Waals surface area contributed by atoms with E-state index in [0.29, 0.717) is 34.1 Å². The van der Waals surface area contributed by atoms with Gasteiger partial charge < -0.3 is 51.2 Å². The normalized spacial score (nSPS) is 11.9. The standard InChI is InChI=1S/C13H21N3O.C12H17N3O.C12H17NO2.C11H15NO2.C10H11N3.C9H11N5.C8H9N5.C8H13N3/c1-5-6-7-11-8-10(13(17)16(3)4)9-12(14-2)15-11;1-13-11-7-9(12(16)15(2)3)6-10(14-11)8-4-5-8;1-5-10-6-9(12(14)15-4)7-11(13-10)8(2)3;1-4-9-6-8(11(13)14-3)7-10(5-2)12-9;1-11-10-6-8(3-5-13-10)9-2-4-12-7-9;1-6-3-7(4-8(10-2)13-6)9-11-5-12-14-9;1-9-7-4-6(2-3-10-7)8-11-5-12-13-8;1-9-8-5-7(6-3-4-6)10-11(8)2/h8-9H,5-7H2,1-4H3,(H,14,15);6-8H,4-5H2,1-3H3,(H,13,14);6-8H,5H2,1-4H3;6-7H,4-5H2,1-3H3;2-3,5-7H,4H2,1H3,(H,11,13);3-5H,1-2H3,(H,10,13)(H,11,12,14);2-5H,1H3,(H,9,10)(H,11,12,13);5-6,9H,3-4H2,1-2H3. The highest BCUT2D eigenvalue weighted by molar-refractivity contribution is 6.11. The molecule has 13 rings (SSSR count). The van der Waals surface area contributed by atoms with Crippen LogP contribution < -0.4 is 31.9 Å². The van der Waals surface area contributed by atoms with Crippen LogP contribution in [0.3, 0.4) is 0 Å². The molecule has 113 heavy (non-hydrogen) atoms. The average Bonchev–Trinajstić information content (AvgIpc) is 1.71. The minimum atomic E-state index is -0.297. The van der Waals surface area contributed by atoms with Crippen molar-refractivity contribution < 1.29 is 28.7 Å². The summed E-state index contributed by atoms with van der Waals surface area (Å²) in [6, 6.07) is 28.4. The number of aromatic nitrogens is 15. The maximum absolute atomic E-state index is 11.9. The Morgan fingerprint density at radius 2 is 1.00 bits per heavy atom. The predicted molar refractivity (Wildman–Crippen MR) is 450 cm³/mol. The van der Waals surface area contributed by atoms with Gasteiger partial charge in [-0.3, -0.25) is 39.4 Å². The van der Waals surface area contributed by atoms with Crippen LogP contribution in [0.4, 0.5) is 34.9 Å². The first-order valence-corrected chi connectivity index (χ1v) is 38.0. The number of rotatable bonds is 22. The van der Waals surface area contributed by atoms with Crippen LogP contribution in [0.1, 0.15) is 190 Å². The van der Waals surface area contributed by atoms with E-state index in [0.717, 1.165) is 149 Å². The van der Waals surface area contributed by atoms with Crippen molar-refractivity contribution in [2.75, 3.05) is 123 Å². The smallest absolute Gasteiger partial charge is 0.337 e. The summed E-state index contributed by atoms with van der Waals surface area (Å²) in [5.74, 6) is 7.75. The molecule has 11 heterocycles. The average molecular weight is 1540 g/mol. The Morgan fingerprint density at radius 3 is 1.46 bits per heavy atom. The number of unbranched alkanes of at least 4 members (excludes halogenated alkanes) is 1. The number of aliphatic imine (C=N–C) groups is 1. The fourth-order valence-electron chi connectivity index (χ4n) is 10.7. The lowest BCUT2D eigenvalue weighted by atomic mass is 10.1. The number of hydrogen-bond acceptors (Lipinski definition) is 25. The van der Waals surface area contributed by atoms with Gasteiger partial charge in [0.25, 0.3) is 11.8 Å². The second-order valence-corrected chi connectivity index (χ2v) is 26.9. The van der Waals surface area contributed by atoms with Crippen molar-refractivity contribution in [3.05, 3.63) is 195 Å². The SMILES string of the molecule is CCCCc1cc(C(=O)N(C)C)cc(NC)n1.CCc1cc(C(=O)OC)cc(C(C)C)n1.CCc1cc(C(=O)OC)cc(CC)n1.CNc1cc(-c2ncn[nH]2)cc(C)n1.CNc1cc(-c2ncn[nH]2)ccn1.CNc1cc(C(=O)N(C)C)cc(C2CC2)n1.CNc1cc(C2=CCN=C2)ccn1.CNc1cc(C2CC2)nn1C. The van der Waals surface area contributed by atoms with E-state index in [1.165, 1.54) is 69.4 Å². The van der Waals surface area contributed by atoms with Gasteiger partial charge in [-0.2, -0.15) is 15.3 Å². The van der Waals surface area contributed by atoms with Crippen LogP contribution in [0.5, 0.6) is 0 Å². The largest absolute Gasteiger partial charge is 0.465 e. The fraction of sp³-hybridized carbons (Fsp3) is 0.410. The van der Waals surface area contributed by atoms with E-state index in [1.807, 2.05) is 136 Å². The Bertz CT molecular complexity index is 4660. The van der Waals surface area contributed by atoms with Crippen molar-refractivity contribution in [1.82, 2.24) is 84.8 Å². The van der Waals surface area contributed by atoms with Crippen LogP contribution in [0.25, 0.3) is 28.3 Å². The van der Waals surface area contributed by atoms with Crippen LogP contribution in [-0.4, -0.2) is 206 Å². The number of aryl methyl sites for hydroxylation is 6. The number of aromatic amines is 2. The molecule has 8 N–H and O–H groups in total. The van der Waals surface area contributed by atoms with Crippen molar-refractivity contribution >= 4 is 70.4 Å². The van der Waals surface area contributed by atoms with Gasteiger partial charge in [0.1, 0.15) is 47.6 Å². The van der Waals surface area contributed by atoms with E-state index >= 15 is 0 Å². The molecule has 0 spiro atoms. The van der Waals surface area contributed by atoms with Crippen molar-refractivity contribution in [3.63, 3.8) is 0 Å². The summed E-state index contributed by atoms with van der Waals surface area (Å²) in [5, 5.41) is 35.6. The molecular formula is C83H114N24O6. The second kappa shape index (κ2) is 46.3. The number of pyridine rings is 7. The topological polar surface area (TPSA) is 369 Å². The number of amides is 2. The molecule has 3 aliphatic rings. The zero-order valence-corrected chi connectivity index (χ0v) is 69.2. The Labute approximate surface area is 664 Å². The molecule has 0 unspecified atom stereocenters. The third-order valence-electron chi connectivity index (χ3n) is 17.4. The minimum absolute atomic E-state index is 0.0154. The monoisotopic (exact) mass is 1540 g/mol. The predicted octanol–water partition coefficient (Wildman–Crippen LogP) is 13.5. The summed E-state index contributed by atoms with van der Waals surface area (Å²) in [6.07, 6.45) is 21.1. The van der Waals surface area contributed by atoms with Crippen LogP contribution in [0.2, 0.25) is 0 Å². The quantitative estimate of drug-likeness (QED) is 0.0292. The van der Waals surface area contributed by atoms with Gasteiger partial charge in [0.05, 0.1) is 37.6 Å². The van der Waals surface area contributed by atoms with E-state index in [-0.39, 0.29) is 23.8 Å². The molecule has 0 atom stereocenters. The molecule has 1 aliphatic heterocycles. The molecule has 10 aromatic rings. The summed E-state index contributed by atoms with van der Waals surface area (Å²) in [6.45, 7) is 15.1. The number of allylic oxidation sites excluding steroid dienone is 1. The highest BCUT2D eigenvalue weighted by Gasteiger charge is 2.28. The van der Waals surface area contributed by atoms with Crippen molar-refractivity contribution in [2.24, 2.45) is 12.0 Å². The minimum Gasteiger partial charge on any atom is -0.465 e. The van der Waals surface area contributed by atoms with Gasteiger partial charge in [-0.05, 0) is 167 Å². The Hall–Kier alpha value is -12.4. The molecule has 0 radical (unpaired) electrons. The summed E-state index contributed by atoms with van der Waals surface area (Å²) >= 11 is 0. The van der Waals surface area contributed by atoms with Crippen LogP contribution in [0, 0.1) is 6.92 Å². The molecule has 2 saturated carbocycles. The summed E-state index contributed by atoms with van der Waals surface area (Å²) in [7, 11) is 22.9. The van der Waals surface area contributed by atoms with Crippen LogP contribution in [0.15, 0.2) is 127 Å². The van der Waals surface area contributed by atoms with Crippen LogP contribution >= 0.6 is 0 Å². The van der Waals surface area contributed by atoms with E-state index in [1.54, 1.807) is 86.8 Å². The van der Waals surface area contributed by atoms with Crippen molar-refractivity contribution in [2.45, 2.75) is 130 Å². The summed E-state index contributed by atoms with van der Waals surface area (Å²) < 4.78 is 11.3. The number of esters is 2. The van der Waals surface area contributed by atoms with E-state index in [2.05, 4.69) is 145 Å². The first kappa shape index (κ1) is 89.5. The number of methoxy groups -OCH3 is 2. The number of nitrogens with zero attached hydrogens (tertiary/aromatic N) is 16. The van der Waals surface area contributed by atoms with Crippen molar-refractivity contribution in [3.8, 4) is 22.8 Å². The number of anilines is 6. The molecule has 0 bridgehead atoms. The maximum atomic E-state index is 11.9. The summed E-state index contributed by atoms with van der Waals surface area (Å²) in [5.41, 5.74) is 14.8. The number of hydrogen-bond donors (Lipinski definition) is 8. The number of carbonyl (C=O) groups excluding carboxylic acids is 4. The Balaban J connectivity index is 0.000000202. The molecule has 30 nitrogen and oxygen atoms in total. The van der Waals surface area contributed by atoms with E-state index in [9.17, 15) is 19.2 Å². The molecule has 30 heteroatoms. The zero-order chi connectivity index (χ0) is 82.5. The molecule has 2 aliphatic carbocycles. The van der Waals surface area contributed by atoms with Gasteiger partial charge in [0.2, 0.25) is 0 Å². The molecular weight excluding hydrogens is 1430 g/mol. The molecule has 2 fully saturated rings. The second-order valence-electron chi connectivity index (χ2n) is 26.9. The number of ether oxygens (including phenoxy) is 2. The Morgan fingerprint density at radius 1 is 0.522 bits per heavy atom. The molecule has 602 valence electrons. The fourth-order valence-corrected chi connectivity index (χ4v) is 10.7. The lowest BCUT2D eigenvalue weighted by molar-refractivity contribution is 0.0591. The van der Waals surface area contributed by atoms with Crippen molar-refractivity contribution in [1.29, 1.82) is 0 Å². The third kappa shape index (κ3) is 29.1. The zero-order valence-electron chi connectivity index (χ0n) is 69.2. The van der Waals surface area contributed by atoms with Crippen LogP contribution in [-0.2, 0) is 42.2 Å².